The summed E-state index contributed by atoms with van der Waals surface area (Å²) in [5.41, 5.74) is 15.1. The topological polar surface area (TPSA) is 38.7 Å². The van der Waals surface area contributed by atoms with Gasteiger partial charge in [0.1, 0.15) is 0 Å². The first-order valence-corrected chi connectivity index (χ1v) is 17.6. The van der Waals surface area contributed by atoms with E-state index in [1.54, 1.807) is 0 Å². The number of aromatic nitrogens is 3. The van der Waals surface area contributed by atoms with Gasteiger partial charge in [0, 0.05) is 16.7 Å². The monoisotopic (exact) mass is 661 g/mol. The van der Waals surface area contributed by atoms with Crippen LogP contribution in [0, 0.1) is 0 Å². The van der Waals surface area contributed by atoms with Crippen molar-refractivity contribution in [3.05, 3.63) is 188 Å². The molecule has 3 heteroatoms. The molecule has 8 aromatic carbocycles. The average Bonchev–Trinajstić information content (AvgIpc) is 3.57. The summed E-state index contributed by atoms with van der Waals surface area (Å²) in [4.78, 5) is 15.4. The van der Waals surface area contributed by atoms with Gasteiger partial charge in [-0.2, -0.15) is 0 Å². The highest BCUT2D eigenvalue weighted by Gasteiger charge is 2.29. The molecule has 52 heavy (non-hydrogen) atoms. The maximum atomic E-state index is 5.19. The first-order valence-electron chi connectivity index (χ1n) is 17.6. The van der Waals surface area contributed by atoms with Crippen LogP contribution in [0.15, 0.2) is 188 Å². The fraction of sp³-hybridized carbons (Fsp3) is 0. The Kier molecular flexibility index (Phi) is 7.14. The minimum absolute atomic E-state index is 0.646. The molecule has 0 atom stereocenters. The van der Waals surface area contributed by atoms with Crippen LogP contribution in [0.3, 0.4) is 0 Å². The highest BCUT2D eigenvalue weighted by Crippen LogP contribution is 2.55. The maximum absolute atomic E-state index is 5.19. The maximum Gasteiger partial charge on any atom is 0.164 e. The van der Waals surface area contributed by atoms with Crippen LogP contribution in [-0.2, 0) is 0 Å². The predicted molar refractivity (Wildman–Crippen MR) is 214 cm³/mol. The predicted octanol–water partition coefficient (Wildman–Crippen LogP) is 12.7. The van der Waals surface area contributed by atoms with Crippen LogP contribution in [0.1, 0.15) is 0 Å². The zero-order valence-corrected chi connectivity index (χ0v) is 28.2. The van der Waals surface area contributed by atoms with Crippen LogP contribution in [0.25, 0.3) is 101 Å². The van der Waals surface area contributed by atoms with Crippen LogP contribution < -0.4 is 0 Å². The van der Waals surface area contributed by atoms with Gasteiger partial charge in [-0.05, 0) is 72.5 Å². The smallest absolute Gasteiger partial charge is 0.164 e. The lowest BCUT2D eigenvalue weighted by molar-refractivity contribution is 1.08. The molecule has 0 bridgehead atoms. The summed E-state index contributed by atoms with van der Waals surface area (Å²) in [5, 5.41) is 2.35. The van der Waals surface area contributed by atoms with Crippen molar-refractivity contribution in [1.29, 1.82) is 0 Å². The van der Waals surface area contributed by atoms with Gasteiger partial charge < -0.3 is 0 Å². The Labute approximate surface area is 302 Å². The number of nitrogens with zero attached hydrogens (tertiary/aromatic N) is 3. The number of fused-ring (bicyclic) bond motifs is 3. The molecule has 0 saturated heterocycles. The molecule has 1 heterocycles. The van der Waals surface area contributed by atoms with Crippen molar-refractivity contribution < 1.29 is 0 Å². The van der Waals surface area contributed by atoms with Crippen LogP contribution in [0.4, 0.5) is 0 Å². The lowest BCUT2D eigenvalue weighted by Crippen LogP contribution is -2.00. The molecule has 1 aliphatic rings. The Morgan fingerprint density at radius 2 is 0.615 bits per heavy atom. The number of hydrogen-bond donors (Lipinski definition) is 0. The van der Waals surface area contributed by atoms with E-state index >= 15 is 0 Å². The van der Waals surface area contributed by atoms with Crippen LogP contribution in [0.5, 0.6) is 0 Å². The lowest BCUT2D eigenvalue weighted by atomic mass is 9.88. The molecule has 0 spiro atoms. The molecule has 0 saturated carbocycles. The molecule has 3 nitrogen and oxygen atoms in total. The Morgan fingerprint density at radius 1 is 0.231 bits per heavy atom. The normalized spacial score (nSPS) is 11.5. The van der Waals surface area contributed by atoms with Crippen molar-refractivity contribution in [2.45, 2.75) is 0 Å². The van der Waals surface area contributed by atoms with Crippen LogP contribution >= 0.6 is 0 Å². The average molecular weight is 662 g/mol. The summed E-state index contributed by atoms with van der Waals surface area (Å²) in [6, 6.07) is 66.3. The summed E-state index contributed by atoms with van der Waals surface area (Å²) < 4.78 is 0. The molecule has 0 unspecified atom stereocenters. The van der Waals surface area contributed by atoms with E-state index in [4.69, 9.17) is 15.0 Å². The van der Waals surface area contributed by atoms with Gasteiger partial charge in [-0.25, -0.2) is 15.0 Å². The van der Waals surface area contributed by atoms with Crippen molar-refractivity contribution in [1.82, 2.24) is 15.0 Å². The molecule has 0 radical (unpaired) electrons. The van der Waals surface area contributed by atoms with Crippen molar-refractivity contribution >= 4 is 10.8 Å². The minimum atomic E-state index is 0.646. The van der Waals surface area contributed by atoms with Gasteiger partial charge in [0.2, 0.25) is 0 Å². The summed E-state index contributed by atoms with van der Waals surface area (Å²) in [6.07, 6.45) is 0. The quantitative estimate of drug-likeness (QED) is 0.178. The van der Waals surface area contributed by atoms with E-state index in [-0.39, 0.29) is 0 Å². The van der Waals surface area contributed by atoms with Gasteiger partial charge in [0.05, 0.1) is 0 Å². The molecular formula is C49H31N3. The zero-order valence-electron chi connectivity index (χ0n) is 28.2. The van der Waals surface area contributed by atoms with E-state index in [1.165, 1.54) is 55.5 Å². The number of rotatable bonds is 6. The molecule has 1 aromatic heterocycles. The minimum Gasteiger partial charge on any atom is -0.208 e. The molecule has 0 fully saturated rings. The fourth-order valence-electron chi connectivity index (χ4n) is 7.68. The first kappa shape index (κ1) is 29.9. The van der Waals surface area contributed by atoms with Crippen LogP contribution in [-0.4, -0.2) is 15.0 Å². The van der Waals surface area contributed by atoms with E-state index in [1.807, 2.05) is 24.3 Å². The summed E-state index contributed by atoms with van der Waals surface area (Å²) in [7, 11) is 0. The van der Waals surface area contributed by atoms with Gasteiger partial charge in [-0.1, -0.05) is 182 Å². The van der Waals surface area contributed by atoms with Gasteiger partial charge >= 0.3 is 0 Å². The van der Waals surface area contributed by atoms with Gasteiger partial charge in [-0.3, -0.25) is 0 Å². The molecule has 9 aromatic rings. The summed E-state index contributed by atoms with van der Waals surface area (Å²) in [6.45, 7) is 0. The number of benzene rings is 8. The highest BCUT2D eigenvalue weighted by molar-refractivity contribution is 6.23. The highest BCUT2D eigenvalue weighted by atomic mass is 15.0. The first-order chi connectivity index (χ1) is 25.8. The van der Waals surface area contributed by atoms with Crippen molar-refractivity contribution in [2.24, 2.45) is 0 Å². The Bertz CT molecular complexity index is 2670. The third kappa shape index (κ3) is 5.02. The van der Waals surface area contributed by atoms with E-state index in [0.717, 1.165) is 27.6 Å². The fourth-order valence-corrected chi connectivity index (χ4v) is 7.68. The van der Waals surface area contributed by atoms with Crippen molar-refractivity contribution in [3.8, 4) is 89.8 Å². The van der Waals surface area contributed by atoms with E-state index in [2.05, 4.69) is 164 Å². The Morgan fingerprint density at radius 3 is 1.17 bits per heavy atom. The second-order valence-electron chi connectivity index (χ2n) is 13.1. The lowest BCUT2D eigenvalue weighted by Gasteiger charge is -2.15. The Hall–Kier alpha value is -6.97. The van der Waals surface area contributed by atoms with Gasteiger partial charge in [-0.15, -0.1) is 0 Å². The van der Waals surface area contributed by atoms with Crippen molar-refractivity contribution in [2.75, 3.05) is 0 Å². The van der Waals surface area contributed by atoms with Gasteiger partial charge in [0.15, 0.2) is 17.5 Å². The van der Waals surface area contributed by atoms with E-state index in [0.29, 0.717) is 17.5 Å². The molecule has 0 amide bonds. The molecule has 0 N–H and O–H groups in total. The molecular weight excluding hydrogens is 631 g/mol. The third-order valence-electron chi connectivity index (χ3n) is 10.1. The zero-order chi connectivity index (χ0) is 34.4. The standard InChI is InChI=1S/C49H31N3/c1-5-14-32(15-6-1)33-24-26-37(27-25-33)48-50-47(36-20-11-4-12-21-36)51-49(52-48)41-30-31-43-44-40(41)22-13-23-42(44)45-38(34-16-7-2-8-17-34)28-29-39(46(43)45)35-18-9-3-10-19-35/h1-31H. The molecule has 0 aliphatic heterocycles. The van der Waals surface area contributed by atoms with Gasteiger partial charge in [0.25, 0.3) is 0 Å². The molecule has 10 rings (SSSR count). The van der Waals surface area contributed by atoms with Crippen molar-refractivity contribution in [3.63, 3.8) is 0 Å². The second-order valence-corrected chi connectivity index (χ2v) is 13.1. The number of hydrogen-bond acceptors (Lipinski definition) is 3. The summed E-state index contributed by atoms with van der Waals surface area (Å²) in [5.74, 6) is 1.95. The summed E-state index contributed by atoms with van der Waals surface area (Å²) >= 11 is 0. The van der Waals surface area contributed by atoms with E-state index < -0.39 is 0 Å². The van der Waals surface area contributed by atoms with Crippen LogP contribution in [0.2, 0.25) is 0 Å². The SMILES string of the molecule is c1ccc(-c2ccc(-c3nc(-c4ccccc4)nc(-c4ccc5c6c(cccc46)-c4c(-c6ccccc6)ccc(-c6ccccc6)c4-5)n3)cc2)cc1. The van der Waals surface area contributed by atoms with E-state index in [9.17, 15) is 0 Å². The Balaban J connectivity index is 1.18. The third-order valence-corrected chi connectivity index (χ3v) is 10.1. The second kappa shape index (κ2) is 12.4. The molecule has 242 valence electrons. The molecule has 1 aliphatic carbocycles. The largest absolute Gasteiger partial charge is 0.208 e.